The molecule has 0 aliphatic carbocycles. The van der Waals surface area contributed by atoms with E-state index in [2.05, 4.69) is 5.43 Å². The normalized spacial score (nSPS) is 11.3. The highest BCUT2D eigenvalue weighted by atomic mass is 35.5. The van der Waals surface area contributed by atoms with E-state index in [1.807, 2.05) is 13.8 Å². The molecule has 6 heteroatoms. The van der Waals surface area contributed by atoms with E-state index in [4.69, 9.17) is 23.2 Å². The molecular formula is C11H16ClN3OS. The zero-order chi connectivity index (χ0) is 13.1. The van der Waals surface area contributed by atoms with Gasteiger partial charge in [0.05, 0.1) is 5.41 Å². The fourth-order valence-electron chi connectivity index (χ4n) is 1.15. The van der Waals surface area contributed by atoms with E-state index in [9.17, 15) is 4.79 Å². The molecule has 0 aliphatic heterocycles. The van der Waals surface area contributed by atoms with Crippen LogP contribution in [0.4, 0.5) is 5.69 Å². The van der Waals surface area contributed by atoms with Gasteiger partial charge in [0.2, 0.25) is 5.91 Å². The molecule has 0 saturated carbocycles. The zero-order valence-corrected chi connectivity index (χ0v) is 11.4. The summed E-state index contributed by atoms with van der Waals surface area (Å²) >= 11 is 7.37. The number of hydrazine groups is 1. The van der Waals surface area contributed by atoms with E-state index in [0.717, 1.165) is 4.90 Å². The zero-order valence-electron chi connectivity index (χ0n) is 9.79. The summed E-state index contributed by atoms with van der Waals surface area (Å²) in [5.41, 5.74) is 8.08. The van der Waals surface area contributed by atoms with Gasteiger partial charge in [-0.3, -0.25) is 10.2 Å². The van der Waals surface area contributed by atoms with E-state index in [0.29, 0.717) is 16.5 Å². The number of rotatable bonds is 4. The van der Waals surface area contributed by atoms with Crippen LogP contribution >= 0.6 is 23.4 Å². The number of amides is 1. The Balaban J connectivity index is 2.73. The second-order valence-corrected chi connectivity index (χ2v) is 5.78. The van der Waals surface area contributed by atoms with Crippen LogP contribution in [0, 0.1) is 5.41 Å². The Morgan fingerprint density at radius 2 is 2.18 bits per heavy atom. The highest BCUT2D eigenvalue weighted by Crippen LogP contribution is 2.32. The van der Waals surface area contributed by atoms with Crippen molar-refractivity contribution in [3.05, 3.63) is 23.2 Å². The molecule has 17 heavy (non-hydrogen) atoms. The molecule has 4 nitrogen and oxygen atoms in total. The number of nitrogens with two attached hydrogens (primary N) is 2. The maximum Gasteiger partial charge on any atom is 0.240 e. The summed E-state index contributed by atoms with van der Waals surface area (Å²) in [7, 11) is 0. The minimum absolute atomic E-state index is 0.203. The van der Waals surface area contributed by atoms with E-state index < -0.39 is 5.41 Å². The van der Waals surface area contributed by atoms with E-state index in [1.165, 1.54) is 11.8 Å². The Labute approximate surface area is 110 Å². The van der Waals surface area contributed by atoms with Crippen molar-refractivity contribution in [2.45, 2.75) is 18.7 Å². The van der Waals surface area contributed by atoms with E-state index in [1.54, 1.807) is 18.2 Å². The molecule has 0 atom stereocenters. The smallest absolute Gasteiger partial charge is 0.240 e. The van der Waals surface area contributed by atoms with Crippen molar-refractivity contribution < 1.29 is 4.79 Å². The Morgan fingerprint density at radius 1 is 1.53 bits per heavy atom. The average Bonchev–Trinajstić information content (AvgIpc) is 2.29. The van der Waals surface area contributed by atoms with Gasteiger partial charge in [-0.1, -0.05) is 25.4 Å². The SMILES string of the molecule is CC(C)(CSc1cc(Cl)ccc1N)C(=O)NN. The summed E-state index contributed by atoms with van der Waals surface area (Å²) < 4.78 is 0. The molecule has 0 saturated heterocycles. The van der Waals surface area contributed by atoms with Crippen molar-refractivity contribution >= 4 is 35.0 Å². The molecule has 1 aromatic carbocycles. The van der Waals surface area contributed by atoms with Crippen LogP contribution < -0.4 is 17.0 Å². The average molecular weight is 274 g/mol. The van der Waals surface area contributed by atoms with Gasteiger partial charge in [-0.25, -0.2) is 5.84 Å². The van der Waals surface area contributed by atoms with E-state index >= 15 is 0 Å². The van der Waals surface area contributed by atoms with Crippen LogP contribution in [0.25, 0.3) is 0 Å². The van der Waals surface area contributed by atoms with Crippen LogP contribution in [0.1, 0.15) is 13.8 Å². The van der Waals surface area contributed by atoms with Crippen molar-refractivity contribution in [2.75, 3.05) is 11.5 Å². The number of nitrogens with one attached hydrogen (secondary N) is 1. The summed E-state index contributed by atoms with van der Waals surface area (Å²) in [6, 6.07) is 5.28. The first-order chi connectivity index (χ1) is 7.86. The number of anilines is 1. The minimum Gasteiger partial charge on any atom is -0.398 e. The van der Waals surface area contributed by atoms with Crippen LogP contribution in [0.15, 0.2) is 23.1 Å². The molecule has 0 fully saturated rings. The Hall–Kier alpha value is -0.910. The van der Waals surface area contributed by atoms with Crippen molar-refractivity contribution in [1.29, 1.82) is 0 Å². The number of halogens is 1. The molecule has 0 radical (unpaired) electrons. The van der Waals surface area contributed by atoms with Crippen LogP contribution in [0.3, 0.4) is 0 Å². The standard InChI is InChI=1S/C11H16ClN3OS/c1-11(2,10(16)15-14)6-17-9-5-7(12)3-4-8(9)13/h3-5H,6,13-14H2,1-2H3,(H,15,16). The van der Waals surface area contributed by atoms with Gasteiger partial charge in [-0.15, -0.1) is 11.8 Å². The summed E-state index contributed by atoms with van der Waals surface area (Å²) in [5.74, 6) is 5.49. The lowest BCUT2D eigenvalue weighted by atomic mass is 9.96. The maximum atomic E-state index is 11.5. The third kappa shape index (κ3) is 3.80. The molecule has 5 N–H and O–H groups in total. The lowest BCUT2D eigenvalue weighted by Crippen LogP contribution is -2.42. The third-order valence-corrected chi connectivity index (χ3v) is 4.08. The largest absolute Gasteiger partial charge is 0.398 e. The summed E-state index contributed by atoms with van der Waals surface area (Å²) in [4.78, 5) is 12.4. The van der Waals surface area contributed by atoms with Gasteiger partial charge in [0.25, 0.3) is 0 Å². The Bertz CT molecular complexity index is 423. The van der Waals surface area contributed by atoms with Crippen molar-refractivity contribution in [1.82, 2.24) is 5.43 Å². The maximum absolute atomic E-state index is 11.5. The highest BCUT2D eigenvalue weighted by molar-refractivity contribution is 7.99. The van der Waals surface area contributed by atoms with Gasteiger partial charge < -0.3 is 5.73 Å². The topological polar surface area (TPSA) is 81.1 Å². The number of hydrogen-bond donors (Lipinski definition) is 3. The number of thioether (sulfide) groups is 1. The predicted octanol–water partition coefficient (Wildman–Crippen LogP) is 2.03. The quantitative estimate of drug-likeness (QED) is 0.258. The third-order valence-electron chi connectivity index (χ3n) is 2.31. The first kappa shape index (κ1) is 14.2. The number of carbonyl (C=O) groups excluding carboxylic acids is 1. The van der Waals surface area contributed by atoms with E-state index in [-0.39, 0.29) is 5.91 Å². The number of benzene rings is 1. The predicted molar refractivity (Wildman–Crippen MR) is 72.7 cm³/mol. The molecule has 1 rings (SSSR count). The van der Waals surface area contributed by atoms with Crippen LogP contribution in [-0.4, -0.2) is 11.7 Å². The fourth-order valence-corrected chi connectivity index (χ4v) is 2.48. The number of hydrogen-bond acceptors (Lipinski definition) is 4. The van der Waals surface area contributed by atoms with Crippen molar-refractivity contribution in [2.24, 2.45) is 11.3 Å². The Morgan fingerprint density at radius 3 is 2.76 bits per heavy atom. The number of carbonyl (C=O) groups is 1. The molecule has 1 amide bonds. The van der Waals surface area contributed by atoms with Gasteiger partial charge in [0.1, 0.15) is 0 Å². The second kappa shape index (κ2) is 5.62. The van der Waals surface area contributed by atoms with Gasteiger partial charge in [0.15, 0.2) is 0 Å². The lowest BCUT2D eigenvalue weighted by Gasteiger charge is -2.21. The first-order valence-electron chi connectivity index (χ1n) is 5.05. The molecule has 0 bridgehead atoms. The van der Waals surface area contributed by atoms with Gasteiger partial charge in [-0.05, 0) is 18.2 Å². The van der Waals surface area contributed by atoms with Crippen molar-refractivity contribution in [3.63, 3.8) is 0 Å². The van der Waals surface area contributed by atoms with Crippen molar-refractivity contribution in [3.8, 4) is 0 Å². The molecule has 0 heterocycles. The Kier molecular flexibility index (Phi) is 4.68. The molecule has 0 aliphatic rings. The second-order valence-electron chi connectivity index (χ2n) is 4.33. The molecule has 94 valence electrons. The molecule has 1 aromatic rings. The minimum atomic E-state index is -0.561. The lowest BCUT2D eigenvalue weighted by molar-refractivity contribution is -0.128. The van der Waals surface area contributed by atoms with Crippen LogP contribution in [0.5, 0.6) is 0 Å². The molecule has 0 unspecified atom stereocenters. The monoisotopic (exact) mass is 273 g/mol. The fraction of sp³-hybridized carbons (Fsp3) is 0.364. The summed E-state index contributed by atoms with van der Waals surface area (Å²) in [5, 5.41) is 0.628. The molecule has 0 spiro atoms. The summed E-state index contributed by atoms with van der Waals surface area (Å²) in [6.07, 6.45) is 0. The molecular weight excluding hydrogens is 258 g/mol. The first-order valence-corrected chi connectivity index (χ1v) is 6.42. The van der Waals surface area contributed by atoms with Gasteiger partial charge in [0, 0.05) is 21.4 Å². The van der Waals surface area contributed by atoms with Gasteiger partial charge >= 0.3 is 0 Å². The van der Waals surface area contributed by atoms with Crippen LogP contribution in [-0.2, 0) is 4.79 Å². The number of nitrogen functional groups attached to an aromatic ring is 1. The summed E-state index contributed by atoms with van der Waals surface area (Å²) in [6.45, 7) is 3.64. The molecule has 0 aromatic heterocycles. The highest BCUT2D eigenvalue weighted by Gasteiger charge is 2.27. The van der Waals surface area contributed by atoms with Crippen LogP contribution in [0.2, 0.25) is 5.02 Å². The van der Waals surface area contributed by atoms with Gasteiger partial charge in [-0.2, -0.15) is 0 Å².